The lowest BCUT2D eigenvalue weighted by atomic mass is 10.1. The van der Waals surface area contributed by atoms with E-state index in [-0.39, 0.29) is 35.3 Å². The molecule has 0 aliphatic heterocycles. The standard InChI is InChI=1S/C21H25NO4S/c1-15-8-10-19(11-9-15)27(24,25)22-20-13-18(12-16(20)2)21(23)26-14-17-6-4-3-5-7-17/h3-11,16,18,20,22H,12-14H2,1-2H3. The van der Waals surface area contributed by atoms with Crippen LogP contribution in [-0.2, 0) is 26.2 Å². The molecule has 2 aromatic carbocycles. The average Bonchev–Trinajstić information content (AvgIpc) is 3.01. The molecule has 3 atom stereocenters. The maximum Gasteiger partial charge on any atom is 0.309 e. The van der Waals surface area contributed by atoms with E-state index in [1.54, 1.807) is 24.3 Å². The maximum absolute atomic E-state index is 12.6. The van der Waals surface area contributed by atoms with Gasteiger partial charge in [-0.15, -0.1) is 0 Å². The number of carbonyl (C=O) groups is 1. The zero-order valence-corrected chi connectivity index (χ0v) is 16.4. The Labute approximate surface area is 160 Å². The highest BCUT2D eigenvalue weighted by Gasteiger charge is 2.38. The summed E-state index contributed by atoms with van der Waals surface area (Å²) in [4.78, 5) is 12.6. The molecule has 0 aromatic heterocycles. The van der Waals surface area contributed by atoms with Gasteiger partial charge in [-0.25, -0.2) is 13.1 Å². The number of esters is 1. The second-order valence-corrected chi connectivity index (χ2v) is 8.99. The average molecular weight is 388 g/mol. The van der Waals surface area contributed by atoms with Gasteiger partial charge >= 0.3 is 5.97 Å². The molecule has 2 aromatic rings. The number of carbonyl (C=O) groups excluding carboxylic acids is 1. The zero-order chi connectivity index (χ0) is 19.4. The first-order valence-electron chi connectivity index (χ1n) is 9.15. The zero-order valence-electron chi connectivity index (χ0n) is 15.6. The molecule has 0 amide bonds. The molecule has 5 nitrogen and oxygen atoms in total. The van der Waals surface area contributed by atoms with E-state index in [0.717, 1.165) is 11.1 Å². The Morgan fingerprint density at radius 2 is 1.74 bits per heavy atom. The largest absolute Gasteiger partial charge is 0.461 e. The van der Waals surface area contributed by atoms with Crippen molar-refractivity contribution in [1.82, 2.24) is 4.72 Å². The highest BCUT2D eigenvalue weighted by Crippen LogP contribution is 2.33. The van der Waals surface area contributed by atoms with Crippen LogP contribution in [-0.4, -0.2) is 20.4 Å². The minimum Gasteiger partial charge on any atom is -0.461 e. The van der Waals surface area contributed by atoms with Crippen LogP contribution in [0, 0.1) is 18.8 Å². The molecule has 0 spiro atoms. The van der Waals surface area contributed by atoms with Crippen molar-refractivity contribution in [3.8, 4) is 0 Å². The third-order valence-electron chi connectivity index (χ3n) is 5.08. The van der Waals surface area contributed by atoms with E-state index < -0.39 is 10.0 Å². The summed E-state index contributed by atoms with van der Waals surface area (Å²) in [6.45, 7) is 4.12. The van der Waals surface area contributed by atoms with Crippen molar-refractivity contribution < 1.29 is 17.9 Å². The molecule has 27 heavy (non-hydrogen) atoms. The van der Waals surface area contributed by atoms with Gasteiger partial charge in [0.25, 0.3) is 0 Å². The van der Waals surface area contributed by atoms with E-state index in [1.165, 1.54) is 0 Å². The van der Waals surface area contributed by atoms with Gasteiger partial charge in [0, 0.05) is 6.04 Å². The summed E-state index contributed by atoms with van der Waals surface area (Å²) in [5.41, 5.74) is 1.94. The predicted molar refractivity (Wildman–Crippen MR) is 103 cm³/mol. The second kappa shape index (κ2) is 8.23. The summed E-state index contributed by atoms with van der Waals surface area (Å²) in [5.74, 6) is -0.475. The summed E-state index contributed by atoms with van der Waals surface area (Å²) in [6.07, 6.45) is 1.08. The van der Waals surface area contributed by atoms with E-state index in [1.807, 2.05) is 44.2 Å². The molecule has 0 heterocycles. The fourth-order valence-electron chi connectivity index (χ4n) is 3.44. The van der Waals surface area contributed by atoms with Crippen LogP contribution < -0.4 is 4.72 Å². The summed E-state index contributed by atoms with van der Waals surface area (Å²) < 4.78 is 33.4. The van der Waals surface area contributed by atoms with Gasteiger partial charge in [0.2, 0.25) is 10.0 Å². The fraction of sp³-hybridized carbons (Fsp3) is 0.381. The van der Waals surface area contributed by atoms with Crippen molar-refractivity contribution in [3.63, 3.8) is 0 Å². The SMILES string of the molecule is Cc1ccc(S(=O)(=O)NC2CC(C(=O)OCc3ccccc3)CC2C)cc1. The molecule has 6 heteroatoms. The number of nitrogens with one attached hydrogen (secondary N) is 1. The monoisotopic (exact) mass is 387 g/mol. The second-order valence-electron chi connectivity index (χ2n) is 7.28. The number of benzene rings is 2. The number of rotatable bonds is 6. The molecule has 1 N–H and O–H groups in total. The number of ether oxygens (including phenoxy) is 1. The lowest BCUT2D eigenvalue weighted by molar-refractivity contribution is -0.149. The molecule has 1 saturated carbocycles. The molecule has 3 rings (SSSR count). The quantitative estimate of drug-likeness (QED) is 0.771. The molecule has 0 bridgehead atoms. The highest BCUT2D eigenvalue weighted by molar-refractivity contribution is 7.89. The molecule has 0 radical (unpaired) electrons. The maximum atomic E-state index is 12.6. The summed E-state index contributed by atoms with van der Waals surface area (Å²) in [7, 11) is -3.60. The van der Waals surface area contributed by atoms with Gasteiger partial charge in [-0.05, 0) is 43.4 Å². The normalized spacial score (nSPS) is 22.5. The van der Waals surface area contributed by atoms with E-state index in [0.29, 0.717) is 12.8 Å². The molecule has 144 valence electrons. The Bertz CT molecular complexity index is 878. The minimum atomic E-state index is -3.60. The first kappa shape index (κ1) is 19.6. The van der Waals surface area contributed by atoms with Crippen LogP contribution >= 0.6 is 0 Å². The number of aryl methyl sites for hydroxylation is 1. The third kappa shape index (κ3) is 4.96. The molecule has 1 aliphatic carbocycles. The van der Waals surface area contributed by atoms with E-state index >= 15 is 0 Å². The molecule has 1 aliphatic rings. The van der Waals surface area contributed by atoms with E-state index in [9.17, 15) is 13.2 Å². The van der Waals surface area contributed by atoms with Gasteiger partial charge in [-0.3, -0.25) is 4.79 Å². The van der Waals surface area contributed by atoms with Gasteiger partial charge in [0.1, 0.15) is 6.61 Å². The number of hydrogen-bond donors (Lipinski definition) is 1. The van der Waals surface area contributed by atoms with Crippen LogP contribution in [0.2, 0.25) is 0 Å². The fourth-order valence-corrected chi connectivity index (χ4v) is 4.79. The van der Waals surface area contributed by atoms with Gasteiger partial charge in [-0.2, -0.15) is 0 Å². The first-order valence-corrected chi connectivity index (χ1v) is 10.6. The lowest BCUT2D eigenvalue weighted by Crippen LogP contribution is -2.36. The molecule has 3 unspecified atom stereocenters. The Kier molecular flexibility index (Phi) is 5.97. The predicted octanol–water partition coefficient (Wildman–Crippen LogP) is 3.43. The van der Waals surface area contributed by atoms with Gasteiger partial charge < -0.3 is 4.74 Å². The first-order chi connectivity index (χ1) is 12.8. The highest BCUT2D eigenvalue weighted by atomic mass is 32.2. The lowest BCUT2D eigenvalue weighted by Gasteiger charge is -2.17. The van der Waals surface area contributed by atoms with Crippen LogP contribution in [0.4, 0.5) is 0 Å². The van der Waals surface area contributed by atoms with Crippen LogP contribution in [0.5, 0.6) is 0 Å². The van der Waals surface area contributed by atoms with Crippen molar-refractivity contribution >= 4 is 16.0 Å². The summed E-state index contributed by atoms with van der Waals surface area (Å²) in [6, 6.07) is 16.0. The Balaban J connectivity index is 1.59. The van der Waals surface area contributed by atoms with Crippen LogP contribution in [0.25, 0.3) is 0 Å². The van der Waals surface area contributed by atoms with Crippen molar-refractivity contribution in [1.29, 1.82) is 0 Å². The van der Waals surface area contributed by atoms with Gasteiger partial charge in [0.15, 0.2) is 0 Å². The molecular weight excluding hydrogens is 362 g/mol. The van der Waals surface area contributed by atoms with Crippen molar-refractivity contribution in [3.05, 3.63) is 65.7 Å². The summed E-state index contributed by atoms with van der Waals surface area (Å²) >= 11 is 0. The Hall–Kier alpha value is -2.18. The number of sulfonamides is 1. The van der Waals surface area contributed by atoms with Crippen molar-refractivity contribution in [2.75, 3.05) is 0 Å². The Morgan fingerprint density at radius 3 is 2.41 bits per heavy atom. The van der Waals surface area contributed by atoms with Crippen LogP contribution in [0.1, 0.15) is 30.9 Å². The van der Waals surface area contributed by atoms with Crippen LogP contribution in [0.3, 0.4) is 0 Å². The minimum absolute atomic E-state index is 0.0690. The van der Waals surface area contributed by atoms with Crippen LogP contribution in [0.15, 0.2) is 59.5 Å². The topological polar surface area (TPSA) is 72.5 Å². The van der Waals surface area contributed by atoms with Crippen molar-refractivity contribution in [2.45, 2.75) is 44.2 Å². The summed E-state index contributed by atoms with van der Waals surface area (Å²) in [5, 5.41) is 0. The number of hydrogen-bond acceptors (Lipinski definition) is 4. The molecular formula is C21H25NO4S. The van der Waals surface area contributed by atoms with Gasteiger partial charge in [0.05, 0.1) is 10.8 Å². The van der Waals surface area contributed by atoms with E-state index in [4.69, 9.17) is 4.74 Å². The Morgan fingerprint density at radius 1 is 1.07 bits per heavy atom. The molecule has 1 fully saturated rings. The van der Waals surface area contributed by atoms with Gasteiger partial charge in [-0.1, -0.05) is 55.0 Å². The molecule has 0 saturated heterocycles. The third-order valence-corrected chi connectivity index (χ3v) is 6.58. The smallest absolute Gasteiger partial charge is 0.309 e. The van der Waals surface area contributed by atoms with E-state index in [2.05, 4.69) is 4.72 Å². The van der Waals surface area contributed by atoms with Crippen molar-refractivity contribution in [2.24, 2.45) is 11.8 Å².